The number of hydrogen-bond acceptors (Lipinski definition) is 7. The second kappa shape index (κ2) is 9.31. The van der Waals surface area contributed by atoms with E-state index in [9.17, 15) is 9.32 Å². The van der Waals surface area contributed by atoms with Crippen LogP contribution in [0.3, 0.4) is 0 Å². The Hall–Kier alpha value is -1.03. The van der Waals surface area contributed by atoms with Gasteiger partial charge in [0.25, 0.3) is 0 Å². The average Bonchev–Trinajstić information content (AvgIpc) is 2.51. The Bertz CT molecular complexity index is 560. The normalized spacial score (nSPS) is 19.6. The van der Waals surface area contributed by atoms with Gasteiger partial charge in [0.2, 0.25) is 11.1 Å². The van der Waals surface area contributed by atoms with E-state index < -0.39 is 17.4 Å². The molecule has 1 rings (SSSR count). The van der Waals surface area contributed by atoms with Gasteiger partial charge in [-0.2, -0.15) is 9.76 Å². The molecule has 0 bridgehead atoms. The van der Waals surface area contributed by atoms with E-state index in [4.69, 9.17) is 20.6 Å². The second-order valence-electron chi connectivity index (χ2n) is 4.90. The SMILES string of the molecule is C=C(Cl)N1C=NC(C(O)OCC)=C/C1=C(/C)S(=O)ONC(C)C. The molecule has 0 aliphatic carbocycles. The van der Waals surface area contributed by atoms with E-state index in [1.165, 1.54) is 17.3 Å². The van der Waals surface area contributed by atoms with Gasteiger partial charge in [0.1, 0.15) is 11.5 Å². The lowest BCUT2D eigenvalue weighted by atomic mass is 10.2. The van der Waals surface area contributed by atoms with E-state index in [-0.39, 0.29) is 16.9 Å². The number of nitrogens with zero attached hydrogens (tertiary/aromatic N) is 2. The maximum Gasteiger partial charge on any atom is 0.204 e. The predicted molar refractivity (Wildman–Crippen MR) is 91.2 cm³/mol. The van der Waals surface area contributed by atoms with Crippen molar-refractivity contribution in [2.45, 2.75) is 40.0 Å². The fourth-order valence-corrected chi connectivity index (χ4v) is 2.43. The molecule has 0 saturated heterocycles. The van der Waals surface area contributed by atoms with Crippen molar-refractivity contribution in [2.24, 2.45) is 4.99 Å². The molecule has 1 heterocycles. The molecule has 0 aromatic rings. The third-order valence-electron chi connectivity index (χ3n) is 2.68. The van der Waals surface area contributed by atoms with E-state index in [1.807, 2.05) is 13.8 Å². The molecule has 0 spiro atoms. The number of nitrogens with one attached hydrogen (secondary N) is 1. The second-order valence-corrected chi connectivity index (χ2v) is 6.58. The topological polar surface area (TPSA) is 83.4 Å². The number of ether oxygens (including phenoxy) is 1. The molecule has 0 amide bonds. The highest BCUT2D eigenvalue weighted by molar-refractivity contribution is 7.84. The molecule has 0 radical (unpaired) electrons. The van der Waals surface area contributed by atoms with Crippen LogP contribution in [0.15, 0.2) is 39.1 Å². The number of rotatable bonds is 8. The molecule has 0 aromatic carbocycles. The van der Waals surface area contributed by atoms with Crippen LogP contribution in [0.1, 0.15) is 27.7 Å². The summed E-state index contributed by atoms with van der Waals surface area (Å²) in [5.41, 5.74) is 3.34. The van der Waals surface area contributed by atoms with Crippen molar-refractivity contribution in [1.29, 1.82) is 0 Å². The molecular weight excluding hydrogens is 342 g/mol. The summed E-state index contributed by atoms with van der Waals surface area (Å²) in [5.74, 6) is 0. The van der Waals surface area contributed by atoms with Crippen LogP contribution in [0.25, 0.3) is 0 Å². The Kier molecular flexibility index (Phi) is 8.10. The van der Waals surface area contributed by atoms with Gasteiger partial charge < -0.3 is 9.84 Å². The van der Waals surface area contributed by atoms with Crippen molar-refractivity contribution in [3.05, 3.63) is 34.1 Å². The van der Waals surface area contributed by atoms with Crippen LogP contribution in [0.4, 0.5) is 0 Å². The number of halogens is 1. The van der Waals surface area contributed by atoms with Crippen LogP contribution in [0, 0.1) is 0 Å². The van der Waals surface area contributed by atoms with Gasteiger partial charge in [-0.3, -0.25) is 4.90 Å². The number of aliphatic imine (C=N–C) groups is 1. The summed E-state index contributed by atoms with van der Waals surface area (Å²) >= 11 is 4.19. The first-order valence-electron chi connectivity index (χ1n) is 7.02. The fourth-order valence-electron chi connectivity index (χ4n) is 1.56. The highest BCUT2D eigenvalue weighted by Gasteiger charge is 2.23. The average molecular weight is 364 g/mol. The van der Waals surface area contributed by atoms with E-state index >= 15 is 0 Å². The van der Waals surface area contributed by atoms with Gasteiger partial charge >= 0.3 is 0 Å². The fraction of sp³-hybridized carbons (Fsp3) is 0.500. The van der Waals surface area contributed by atoms with Crippen molar-refractivity contribution in [3.63, 3.8) is 0 Å². The number of allylic oxidation sites excluding steroid dienone is 2. The van der Waals surface area contributed by atoms with Crippen LogP contribution >= 0.6 is 11.6 Å². The largest absolute Gasteiger partial charge is 0.363 e. The van der Waals surface area contributed by atoms with Crippen molar-refractivity contribution < 1.29 is 18.3 Å². The molecular formula is C14H22ClN3O4S. The van der Waals surface area contributed by atoms with Crippen molar-refractivity contribution in [2.75, 3.05) is 6.61 Å². The molecule has 2 unspecified atom stereocenters. The van der Waals surface area contributed by atoms with Crippen molar-refractivity contribution in [1.82, 2.24) is 10.4 Å². The zero-order valence-electron chi connectivity index (χ0n) is 13.6. The molecule has 1 aliphatic heterocycles. The van der Waals surface area contributed by atoms with E-state index in [2.05, 4.69) is 17.1 Å². The predicted octanol–water partition coefficient (Wildman–Crippen LogP) is 2.10. The molecule has 2 N–H and O–H groups in total. The van der Waals surface area contributed by atoms with Crippen molar-refractivity contribution in [3.8, 4) is 0 Å². The van der Waals surface area contributed by atoms with E-state index in [0.717, 1.165) is 0 Å². The summed E-state index contributed by atoms with van der Waals surface area (Å²) in [6.45, 7) is 11.1. The molecule has 1 aliphatic rings. The maximum atomic E-state index is 12.2. The van der Waals surface area contributed by atoms with Gasteiger partial charge in [0.15, 0.2) is 6.29 Å². The van der Waals surface area contributed by atoms with Crippen LogP contribution < -0.4 is 5.48 Å². The van der Waals surface area contributed by atoms with Crippen LogP contribution in [0.2, 0.25) is 0 Å². The first-order valence-corrected chi connectivity index (χ1v) is 8.47. The first kappa shape index (κ1) is 20.0. The number of aliphatic hydroxyl groups is 1. The zero-order valence-corrected chi connectivity index (χ0v) is 15.1. The Morgan fingerprint density at radius 3 is 2.78 bits per heavy atom. The minimum absolute atomic E-state index is 0.00893. The maximum absolute atomic E-state index is 12.2. The van der Waals surface area contributed by atoms with Crippen LogP contribution in [-0.2, 0) is 20.1 Å². The van der Waals surface area contributed by atoms with Crippen LogP contribution in [-0.4, -0.2) is 39.5 Å². The lowest BCUT2D eigenvalue weighted by Crippen LogP contribution is -2.28. The van der Waals surface area contributed by atoms with Gasteiger partial charge in [0.05, 0.1) is 16.3 Å². The molecule has 7 nitrogen and oxygen atoms in total. The van der Waals surface area contributed by atoms with E-state index in [0.29, 0.717) is 17.2 Å². The first-order chi connectivity index (χ1) is 10.8. The van der Waals surface area contributed by atoms with Gasteiger partial charge in [0, 0.05) is 12.6 Å². The molecule has 23 heavy (non-hydrogen) atoms. The Labute approximate surface area is 143 Å². The summed E-state index contributed by atoms with van der Waals surface area (Å²) in [4.78, 5) is 5.89. The lowest BCUT2D eigenvalue weighted by Gasteiger charge is -2.26. The monoisotopic (exact) mass is 363 g/mol. The van der Waals surface area contributed by atoms with Gasteiger partial charge in [-0.05, 0) is 33.8 Å². The summed E-state index contributed by atoms with van der Waals surface area (Å²) in [7, 11) is 0. The zero-order chi connectivity index (χ0) is 17.6. The molecule has 0 saturated carbocycles. The lowest BCUT2D eigenvalue weighted by molar-refractivity contribution is -0.0679. The van der Waals surface area contributed by atoms with Crippen molar-refractivity contribution >= 4 is 29.0 Å². The molecule has 0 aromatic heterocycles. The third-order valence-corrected chi connectivity index (χ3v) is 3.81. The summed E-state index contributed by atoms with van der Waals surface area (Å²) in [5, 5.41) is 10.1. The minimum Gasteiger partial charge on any atom is -0.363 e. The Balaban J connectivity index is 3.12. The number of hydroxylamine groups is 1. The molecule has 9 heteroatoms. The van der Waals surface area contributed by atoms with Gasteiger partial charge in [-0.25, -0.2) is 9.20 Å². The van der Waals surface area contributed by atoms with E-state index in [1.54, 1.807) is 13.8 Å². The minimum atomic E-state index is -1.75. The number of hydrogen-bond donors (Lipinski definition) is 2. The van der Waals surface area contributed by atoms with Crippen LogP contribution in [0.5, 0.6) is 0 Å². The summed E-state index contributed by atoms with van der Waals surface area (Å²) in [6.07, 6.45) is 1.71. The molecule has 0 fully saturated rings. The highest BCUT2D eigenvalue weighted by Crippen LogP contribution is 2.26. The summed E-state index contributed by atoms with van der Waals surface area (Å²) in [6, 6.07) is 0.00893. The Morgan fingerprint density at radius 1 is 1.61 bits per heavy atom. The molecule has 2 atom stereocenters. The third kappa shape index (κ3) is 5.83. The summed E-state index contributed by atoms with van der Waals surface area (Å²) < 4.78 is 22.4. The van der Waals surface area contributed by atoms with Gasteiger partial charge in [-0.15, -0.1) is 0 Å². The molecule has 130 valence electrons. The number of aliphatic hydroxyl groups excluding tert-OH is 1. The smallest absolute Gasteiger partial charge is 0.204 e. The quantitative estimate of drug-likeness (QED) is 0.390. The highest BCUT2D eigenvalue weighted by atomic mass is 35.5. The Morgan fingerprint density at radius 2 is 2.26 bits per heavy atom. The standard InChI is InChI=1S/C14H22ClN3O4S/c1-6-21-14(19)12-7-13(18(8-16-12)11(5)15)10(4)23(20)22-17-9(2)3/h7-9,14,17,19H,5-6H2,1-4H3/b13-10+. The van der Waals surface area contributed by atoms with Gasteiger partial charge in [-0.1, -0.05) is 18.2 Å².